The highest BCUT2D eigenvalue weighted by molar-refractivity contribution is 5.06. The Balaban J connectivity index is 2.55. The minimum absolute atomic E-state index is 0.190. The standard InChI is InChI=1S/C11H22N2O/c1-3-6-9(2)11(13-12)10-7-4-5-8-14-10/h7,9,11,13H,3-6,8,12H2,1-2H3. The van der Waals surface area contributed by atoms with E-state index in [1.54, 1.807) is 0 Å². The summed E-state index contributed by atoms with van der Waals surface area (Å²) in [5.41, 5.74) is 2.86. The molecule has 0 radical (unpaired) electrons. The molecule has 0 aromatic rings. The van der Waals surface area contributed by atoms with E-state index in [0.29, 0.717) is 5.92 Å². The normalized spacial score (nSPS) is 20.9. The Hall–Kier alpha value is -0.540. The summed E-state index contributed by atoms with van der Waals surface area (Å²) in [6.45, 7) is 5.25. The van der Waals surface area contributed by atoms with Gasteiger partial charge in [-0.05, 0) is 31.3 Å². The van der Waals surface area contributed by atoms with E-state index in [1.807, 2.05) is 0 Å². The third-order valence-corrected chi connectivity index (χ3v) is 2.76. The average Bonchev–Trinajstić information content (AvgIpc) is 2.21. The van der Waals surface area contributed by atoms with Gasteiger partial charge in [-0.1, -0.05) is 20.3 Å². The summed E-state index contributed by atoms with van der Waals surface area (Å²) >= 11 is 0. The van der Waals surface area contributed by atoms with E-state index in [1.165, 1.54) is 12.8 Å². The van der Waals surface area contributed by atoms with E-state index in [-0.39, 0.29) is 6.04 Å². The number of hydrogen-bond acceptors (Lipinski definition) is 3. The zero-order valence-corrected chi connectivity index (χ0v) is 9.25. The molecule has 0 saturated carbocycles. The number of nitrogens with one attached hydrogen (secondary N) is 1. The first kappa shape index (κ1) is 11.5. The lowest BCUT2D eigenvalue weighted by Crippen LogP contribution is -2.42. The second-order valence-electron chi connectivity index (χ2n) is 4.01. The van der Waals surface area contributed by atoms with Crippen LogP contribution in [0, 0.1) is 5.92 Å². The van der Waals surface area contributed by atoms with Crippen LogP contribution in [0.2, 0.25) is 0 Å². The van der Waals surface area contributed by atoms with Crippen LogP contribution < -0.4 is 11.3 Å². The molecule has 0 fully saturated rings. The zero-order chi connectivity index (χ0) is 10.4. The molecule has 1 heterocycles. The SMILES string of the molecule is CCCC(C)C(NN)C1=CCCCO1. The molecule has 0 spiro atoms. The predicted molar refractivity (Wildman–Crippen MR) is 58.5 cm³/mol. The predicted octanol–water partition coefficient (Wildman–Crippen LogP) is 1.95. The molecule has 0 aromatic carbocycles. The van der Waals surface area contributed by atoms with Gasteiger partial charge in [-0.15, -0.1) is 0 Å². The van der Waals surface area contributed by atoms with E-state index in [4.69, 9.17) is 10.6 Å². The van der Waals surface area contributed by atoms with Crippen molar-refractivity contribution >= 4 is 0 Å². The number of hydrazine groups is 1. The topological polar surface area (TPSA) is 47.3 Å². The van der Waals surface area contributed by atoms with Crippen LogP contribution in [0.1, 0.15) is 39.5 Å². The van der Waals surface area contributed by atoms with Gasteiger partial charge < -0.3 is 4.74 Å². The monoisotopic (exact) mass is 198 g/mol. The first-order chi connectivity index (χ1) is 6.79. The Morgan fingerprint density at radius 3 is 2.93 bits per heavy atom. The second kappa shape index (κ2) is 6.04. The van der Waals surface area contributed by atoms with Crippen molar-refractivity contribution in [3.8, 4) is 0 Å². The zero-order valence-electron chi connectivity index (χ0n) is 9.25. The molecule has 3 heteroatoms. The Labute approximate surface area is 86.7 Å². The highest BCUT2D eigenvalue weighted by Gasteiger charge is 2.22. The third-order valence-electron chi connectivity index (χ3n) is 2.76. The quantitative estimate of drug-likeness (QED) is 0.524. The van der Waals surface area contributed by atoms with Gasteiger partial charge in [-0.3, -0.25) is 5.84 Å². The van der Waals surface area contributed by atoms with Crippen molar-refractivity contribution in [1.29, 1.82) is 0 Å². The first-order valence-corrected chi connectivity index (χ1v) is 5.58. The highest BCUT2D eigenvalue weighted by atomic mass is 16.5. The van der Waals surface area contributed by atoms with Gasteiger partial charge in [0.1, 0.15) is 5.76 Å². The molecule has 2 atom stereocenters. The van der Waals surface area contributed by atoms with Crippen LogP contribution in [0.5, 0.6) is 0 Å². The van der Waals surface area contributed by atoms with Gasteiger partial charge in [0.25, 0.3) is 0 Å². The van der Waals surface area contributed by atoms with Crippen molar-refractivity contribution in [2.75, 3.05) is 6.61 Å². The van der Waals surface area contributed by atoms with E-state index in [2.05, 4.69) is 25.3 Å². The van der Waals surface area contributed by atoms with Crippen LogP contribution in [0.15, 0.2) is 11.8 Å². The largest absolute Gasteiger partial charge is 0.497 e. The molecule has 0 aromatic heterocycles. The van der Waals surface area contributed by atoms with Gasteiger partial charge in [0.2, 0.25) is 0 Å². The number of hydrogen-bond donors (Lipinski definition) is 2. The summed E-state index contributed by atoms with van der Waals surface area (Å²) in [4.78, 5) is 0. The van der Waals surface area contributed by atoms with Crippen molar-refractivity contribution in [3.63, 3.8) is 0 Å². The van der Waals surface area contributed by atoms with Gasteiger partial charge in [-0.25, -0.2) is 5.43 Å². The lowest BCUT2D eigenvalue weighted by molar-refractivity contribution is 0.151. The fourth-order valence-corrected chi connectivity index (χ4v) is 1.94. The molecule has 0 bridgehead atoms. The van der Waals surface area contributed by atoms with Gasteiger partial charge in [-0.2, -0.15) is 0 Å². The minimum atomic E-state index is 0.190. The molecule has 1 rings (SSSR count). The Kier molecular flexibility index (Phi) is 4.98. The molecule has 3 N–H and O–H groups in total. The lowest BCUT2D eigenvalue weighted by atomic mass is 9.94. The molecular formula is C11H22N2O. The van der Waals surface area contributed by atoms with Crippen molar-refractivity contribution in [2.24, 2.45) is 11.8 Å². The molecular weight excluding hydrogens is 176 g/mol. The first-order valence-electron chi connectivity index (χ1n) is 5.58. The smallest absolute Gasteiger partial charge is 0.110 e. The van der Waals surface area contributed by atoms with Gasteiger partial charge >= 0.3 is 0 Å². The third kappa shape index (κ3) is 3.00. The summed E-state index contributed by atoms with van der Waals surface area (Å²) < 4.78 is 5.62. The molecule has 1 aliphatic heterocycles. The van der Waals surface area contributed by atoms with Crippen LogP contribution in [0.4, 0.5) is 0 Å². The van der Waals surface area contributed by atoms with Gasteiger partial charge in [0.15, 0.2) is 0 Å². The maximum Gasteiger partial charge on any atom is 0.110 e. The van der Waals surface area contributed by atoms with Crippen molar-refractivity contribution in [1.82, 2.24) is 5.43 Å². The summed E-state index contributed by atoms with van der Waals surface area (Å²) in [7, 11) is 0. The number of nitrogens with two attached hydrogens (primary N) is 1. The number of allylic oxidation sites excluding steroid dienone is 1. The maximum atomic E-state index is 5.62. The minimum Gasteiger partial charge on any atom is -0.497 e. The van der Waals surface area contributed by atoms with Gasteiger partial charge in [0.05, 0.1) is 12.6 Å². The van der Waals surface area contributed by atoms with Crippen LogP contribution in [0.25, 0.3) is 0 Å². The fraction of sp³-hybridized carbons (Fsp3) is 0.818. The summed E-state index contributed by atoms with van der Waals surface area (Å²) in [6, 6.07) is 0.190. The number of ether oxygens (including phenoxy) is 1. The summed E-state index contributed by atoms with van der Waals surface area (Å²) in [5, 5.41) is 0. The molecule has 0 saturated heterocycles. The molecule has 0 aliphatic carbocycles. The van der Waals surface area contributed by atoms with E-state index in [0.717, 1.165) is 25.2 Å². The molecule has 0 amide bonds. The Morgan fingerprint density at radius 2 is 2.43 bits per heavy atom. The Morgan fingerprint density at radius 1 is 1.64 bits per heavy atom. The molecule has 14 heavy (non-hydrogen) atoms. The fourth-order valence-electron chi connectivity index (χ4n) is 1.94. The Bertz CT molecular complexity index is 192. The lowest BCUT2D eigenvalue weighted by Gasteiger charge is -2.27. The molecule has 1 aliphatic rings. The number of rotatable bonds is 5. The van der Waals surface area contributed by atoms with E-state index >= 15 is 0 Å². The highest BCUT2D eigenvalue weighted by Crippen LogP contribution is 2.21. The molecule has 2 unspecified atom stereocenters. The summed E-state index contributed by atoms with van der Waals surface area (Å²) in [6.07, 6.45) is 6.78. The van der Waals surface area contributed by atoms with Crippen LogP contribution in [0.3, 0.4) is 0 Å². The van der Waals surface area contributed by atoms with Crippen LogP contribution >= 0.6 is 0 Å². The second-order valence-corrected chi connectivity index (χ2v) is 4.01. The molecule has 82 valence electrons. The van der Waals surface area contributed by atoms with Crippen molar-refractivity contribution in [2.45, 2.75) is 45.6 Å². The summed E-state index contributed by atoms with van der Waals surface area (Å²) in [5.74, 6) is 7.14. The maximum absolute atomic E-state index is 5.62. The van der Waals surface area contributed by atoms with E-state index < -0.39 is 0 Å². The van der Waals surface area contributed by atoms with Gasteiger partial charge in [0, 0.05) is 0 Å². The van der Waals surface area contributed by atoms with Crippen LogP contribution in [-0.4, -0.2) is 12.6 Å². The molecule has 3 nitrogen and oxygen atoms in total. The van der Waals surface area contributed by atoms with E-state index in [9.17, 15) is 0 Å². The average molecular weight is 198 g/mol. The van der Waals surface area contributed by atoms with Crippen LogP contribution in [-0.2, 0) is 4.74 Å². The van der Waals surface area contributed by atoms with Crippen molar-refractivity contribution in [3.05, 3.63) is 11.8 Å². The van der Waals surface area contributed by atoms with Crippen molar-refractivity contribution < 1.29 is 4.74 Å².